The summed E-state index contributed by atoms with van der Waals surface area (Å²) in [5, 5.41) is 31.0. The quantitative estimate of drug-likeness (QED) is 0.116. The number of carbonyl (C=O) groups is 2. The molecule has 1 N–H and O–H groups in total. The Morgan fingerprint density at radius 1 is 1.00 bits per heavy atom. The van der Waals surface area contributed by atoms with E-state index >= 15 is 0 Å². The number of halogens is 1. The normalized spacial score (nSPS) is 14.3. The van der Waals surface area contributed by atoms with Crippen molar-refractivity contribution in [3.63, 3.8) is 0 Å². The van der Waals surface area contributed by atoms with Crippen LogP contribution in [0, 0.1) is 15.9 Å². The third-order valence-electron chi connectivity index (χ3n) is 7.01. The number of hydrogen-bond acceptors (Lipinski definition) is 9. The molecule has 0 saturated carbocycles. The first kappa shape index (κ1) is 29.8. The van der Waals surface area contributed by atoms with Crippen LogP contribution in [-0.4, -0.2) is 48.0 Å². The van der Waals surface area contributed by atoms with Crippen LogP contribution in [0.3, 0.4) is 0 Å². The van der Waals surface area contributed by atoms with E-state index in [1.165, 1.54) is 40.6 Å². The van der Waals surface area contributed by atoms with Gasteiger partial charge < -0.3 is 5.32 Å². The summed E-state index contributed by atoms with van der Waals surface area (Å²) in [4.78, 5) is 38.1. The number of non-ortho nitro benzene ring substituents is 1. The molecule has 45 heavy (non-hydrogen) atoms. The van der Waals surface area contributed by atoms with E-state index in [4.69, 9.17) is 0 Å². The van der Waals surface area contributed by atoms with E-state index in [9.17, 15) is 24.1 Å². The molecule has 0 saturated heterocycles. The van der Waals surface area contributed by atoms with Gasteiger partial charge in [0.1, 0.15) is 5.82 Å². The SMILES string of the molecule is O=C(NCc1nnc(SCC(=O)N2N=C(c3cccs3)C[C@H]2c2ccc(F)cc2)n1-c1ccc([N+](=O)[O-])cc1)c1ccccc1. The fourth-order valence-electron chi connectivity index (χ4n) is 4.81. The average Bonchev–Trinajstić information content (AvgIpc) is 3.84. The smallest absolute Gasteiger partial charge is 0.269 e. The van der Waals surface area contributed by atoms with E-state index in [2.05, 4.69) is 20.6 Å². The highest BCUT2D eigenvalue weighted by Gasteiger charge is 2.33. The van der Waals surface area contributed by atoms with Crippen molar-refractivity contribution in [2.24, 2.45) is 5.10 Å². The molecule has 1 atom stereocenters. The molecule has 0 aliphatic carbocycles. The molecule has 2 amide bonds. The van der Waals surface area contributed by atoms with Crippen molar-refractivity contribution in [3.05, 3.63) is 134 Å². The molecule has 2 aromatic heterocycles. The molecule has 3 aromatic carbocycles. The van der Waals surface area contributed by atoms with Crippen LogP contribution in [0.5, 0.6) is 0 Å². The lowest BCUT2D eigenvalue weighted by Crippen LogP contribution is -2.28. The fourth-order valence-corrected chi connectivity index (χ4v) is 6.36. The van der Waals surface area contributed by atoms with Gasteiger partial charge in [-0.25, -0.2) is 9.40 Å². The van der Waals surface area contributed by atoms with Crippen LogP contribution in [0.25, 0.3) is 5.69 Å². The number of nitrogens with one attached hydrogen (secondary N) is 1. The van der Waals surface area contributed by atoms with Crippen LogP contribution in [0.1, 0.15) is 39.1 Å². The van der Waals surface area contributed by atoms with E-state index in [-0.39, 0.29) is 35.6 Å². The largest absolute Gasteiger partial charge is 0.345 e. The number of rotatable bonds is 10. The topological polar surface area (TPSA) is 136 Å². The maximum atomic E-state index is 13.7. The van der Waals surface area contributed by atoms with Crippen LogP contribution >= 0.6 is 23.1 Å². The highest BCUT2D eigenvalue weighted by atomic mass is 32.2. The number of nitrogens with zero attached hydrogens (tertiary/aromatic N) is 6. The Kier molecular flexibility index (Phi) is 8.75. The minimum atomic E-state index is -0.496. The summed E-state index contributed by atoms with van der Waals surface area (Å²) in [5.74, 6) is -0.658. The zero-order chi connectivity index (χ0) is 31.3. The predicted molar refractivity (Wildman–Crippen MR) is 168 cm³/mol. The second-order valence-corrected chi connectivity index (χ2v) is 11.8. The second-order valence-electron chi connectivity index (χ2n) is 9.88. The number of benzene rings is 3. The minimum absolute atomic E-state index is 0.0133. The second kappa shape index (κ2) is 13.2. The number of carbonyl (C=O) groups excluding carboxylic acids is 2. The molecule has 6 rings (SSSR count). The van der Waals surface area contributed by atoms with E-state index in [1.54, 1.807) is 53.1 Å². The molecule has 1 aliphatic rings. The number of thiophene rings is 1. The van der Waals surface area contributed by atoms with Gasteiger partial charge in [0.25, 0.3) is 17.5 Å². The molecule has 11 nitrogen and oxygen atoms in total. The number of thioether (sulfide) groups is 1. The highest BCUT2D eigenvalue weighted by molar-refractivity contribution is 7.99. The van der Waals surface area contributed by atoms with Crippen molar-refractivity contribution >= 4 is 46.3 Å². The Labute approximate surface area is 264 Å². The van der Waals surface area contributed by atoms with E-state index in [0.29, 0.717) is 28.7 Å². The maximum absolute atomic E-state index is 13.7. The monoisotopic (exact) mass is 641 g/mol. The molecule has 226 valence electrons. The van der Waals surface area contributed by atoms with Crippen molar-refractivity contribution in [2.45, 2.75) is 24.2 Å². The fraction of sp³-hybridized carbons (Fsp3) is 0.129. The molecular formula is C31H24FN7O4S2. The summed E-state index contributed by atoms with van der Waals surface area (Å²) in [6, 6.07) is 24.0. The number of nitro groups is 1. The molecular weight excluding hydrogens is 618 g/mol. The standard InChI is InChI=1S/C31H24FN7O4S2/c32-22-10-8-20(9-11-22)26-17-25(27-7-4-16-44-27)36-38(26)29(40)19-45-31-35-34-28(18-33-30(41)21-5-2-1-3-6-21)37(31)23-12-14-24(15-13-23)39(42)43/h1-16,26H,17-19H2,(H,33,41)/t26-/m0/s1. The van der Waals surface area contributed by atoms with Gasteiger partial charge in [-0.1, -0.05) is 48.2 Å². The predicted octanol–water partition coefficient (Wildman–Crippen LogP) is 5.78. The summed E-state index contributed by atoms with van der Waals surface area (Å²) in [5.41, 5.74) is 2.44. The molecule has 1 aliphatic heterocycles. The van der Waals surface area contributed by atoms with Gasteiger partial charge >= 0.3 is 0 Å². The Morgan fingerprint density at radius 3 is 2.44 bits per heavy atom. The molecule has 0 radical (unpaired) electrons. The van der Waals surface area contributed by atoms with Crippen LogP contribution < -0.4 is 5.32 Å². The minimum Gasteiger partial charge on any atom is -0.345 e. The van der Waals surface area contributed by atoms with Gasteiger partial charge in [0.2, 0.25) is 0 Å². The molecule has 5 aromatic rings. The van der Waals surface area contributed by atoms with Gasteiger partial charge in [-0.15, -0.1) is 21.5 Å². The Balaban J connectivity index is 1.25. The van der Waals surface area contributed by atoms with Crippen molar-refractivity contribution in [3.8, 4) is 5.69 Å². The first-order valence-corrected chi connectivity index (χ1v) is 15.6. The van der Waals surface area contributed by atoms with Crippen molar-refractivity contribution in [1.29, 1.82) is 0 Å². The van der Waals surface area contributed by atoms with Crippen LogP contribution in [0.2, 0.25) is 0 Å². The Hall–Kier alpha value is -5.21. The average molecular weight is 642 g/mol. The lowest BCUT2D eigenvalue weighted by Gasteiger charge is -2.22. The van der Waals surface area contributed by atoms with E-state index < -0.39 is 11.0 Å². The zero-order valence-electron chi connectivity index (χ0n) is 23.4. The third-order valence-corrected chi connectivity index (χ3v) is 8.85. The lowest BCUT2D eigenvalue weighted by molar-refractivity contribution is -0.384. The van der Waals surface area contributed by atoms with Crippen molar-refractivity contribution in [2.75, 3.05) is 5.75 Å². The molecule has 0 unspecified atom stereocenters. The van der Waals surface area contributed by atoms with Gasteiger partial charge in [0.05, 0.1) is 33.9 Å². The number of hydrazone groups is 1. The van der Waals surface area contributed by atoms with Crippen LogP contribution in [0.4, 0.5) is 10.1 Å². The maximum Gasteiger partial charge on any atom is 0.269 e. The van der Waals surface area contributed by atoms with Gasteiger partial charge in [-0.2, -0.15) is 5.10 Å². The van der Waals surface area contributed by atoms with E-state index in [1.807, 2.05) is 23.6 Å². The van der Waals surface area contributed by atoms with Crippen LogP contribution in [-0.2, 0) is 11.3 Å². The number of amides is 2. The number of hydrogen-bond donors (Lipinski definition) is 1. The van der Waals surface area contributed by atoms with Crippen molar-refractivity contribution in [1.82, 2.24) is 25.1 Å². The van der Waals surface area contributed by atoms with Gasteiger partial charge in [-0.05, 0) is 53.4 Å². The summed E-state index contributed by atoms with van der Waals surface area (Å²) in [6.45, 7) is 0.0133. The van der Waals surface area contributed by atoms with Crippen LogP contribution in [0.15, 0.2) is 107 Å². The summed E-state index contributed by atoms with van der Waals surface area (Å²) < 4.78 is 15.3. The van der Waals surface area contributed by atoms with Gasteiger partial charge in [0, 0.05) is 29.8 Å². The molecule has 0 spiro atoms. The molecule has 0 bridgehead atoms. The van der Waals surface area contributed by atoms with Gasteiger partial charge in [-0.3, -0.25) is 24.3 Å². The summed E-state index contributed by atoms with van der Waals surface area (Å²) >= 11 is 2.65. The molecule has 14 heteroatoms. The summed E-state index contributed by atoms with van der Waals surface area (Å²) in [6.07, 6.45) is 0.479. The van der Waals surface area contributed by atoms with E-state index in [0.717, 1.165) is 27.9 Å². The first-order valence-electron chi connectivity index (χ1n) is 13.7. The Bertz CT molecular complexity index is 1860. The lowest BCUT2D eigenvalue weighted by atomic mass is 10.0. The highest BCUT2D eigenvalue weighted by Crippen LogP contribution is 2.35. The number of nitro benzene ring substituents is 1. The molecule has 3 heterocycles. The number of aromatic nitrogens is 3. The third kappa shape index (κ3) is 6.66. The Morgan fingerprint density at radius 2 is 1.76 bits per heavy atom. The summed E-state index contributed by atoms with van der Waals surface area (Å²) in [7, 11) is 0. The molecule has 0 fully saturated rings. The van der Waals surface area contributed by atoms with Crippen molar-refractivity contribution < 1.29 is 18.9 Å². The zero-order valence-corrected chi connectivity index (χ0v) is 25.1. The van der Waals surface area contributed by atoms with Gasteiger partial charge in [0.15, 0.2) is 11.0 Å². The first-order chi connectivity index (χ1) is 21.9.